The Morgan fingerprint density at radius 1 is 1.60 bits per heavy atom. The van der Waals surface area contributed by atoms with E-state index in [1.807, 2.05) is 16.9 Å². The van der Waals surface area contributed by atoms with Gasteiger partial charge >= 0.3 is 5.97 Å². The summed E-state index contributed by atoms with van der Waals surface area (Å²) in [5.41, 5.74) is 0.401. The lowest BCUT2D eigenvalue weighted by Gasteiger charge is -2.33. The van der Waals surface area contributed by atoms with Gasteiger partial charge in [0, 0.05) is 18.7 Å². The molecule has 2 aliphatic rings. The van der Waals surface area contributed by atoms with Crippen molar-refractivity contribution in [2.75, 3.05) is 0 Å². The zero-order valence-corrected chi connectivity index (χ0v) is 12.4. The Bertz CT molecular complexity index is 510. The van der Waals surface area contributed by atoms with Gasteiger partial charge in [0.1, 0.15) is 0 Å². The second kappa shape index (κ2) is 4.90. The minimum atomic E-state index is -0.609. The highest BCUT2D eigenvalue weighted by molar-refractivity contribution is 5.76. The van der Waals surface area contributed by atoms with E-state index in [0.717, 1.165) is 31.4 Å². The molecule has 1 aromatic heterocycles. The summed E-state index contributed by atoms with van der Waals surface area (Å²) in [7, 11) is 0. The lowest BCUT2D eigenvalue weighted by atomic mass is 9.70. The number of rotatable bonds is 5. The van der Waals surface area contributed by atoms with Crippen LogP contribution in [0.3, 0.4) is 0 Å². The van der Waals surface area contributed by atoms with Gasteiger partial charge in [0.15, 0.2) is 0 Å². The number of nitrogens with zero attached hydrogens (tertiary/aromatic N) is 2. The Hall–Kier alpha value is -1.32. The third-order valence-electron chi connectivity index (χ3n) is 5.60. The van der Waals surface area contributed by atoms with Crippen molar-refractivity contribution in [1.29, 1.82) is 0 Å². The van der Waals surface area contributed by atoms with E-state index in [1.54, 1.807) is 0 Å². The van der Waals surface area contributed by atoms with E-state index in [0.29, 0.717) is 24.3 Å². The number of hydrogen-bond acceptors (Lipinski definition) is 2. The van der Waals surface area contributed by atoms with Crippen molar-refractivity contribution in [3.8, 4) is 0 Å². The van der Waals surface area contributed by atoms with Gasteiger partial charge in [-0.15, -0.1) is 0 Å². The largest absolute Gasteiger partial charge is 0.481 e. The maximum absolute atomic E-state index is 11.9. The van der Waals surface area contributed by atoms with Crippen LogP contribution in [0.5, 0.6) is 0 Å². The quantitative estimate of drug-likeness (QED) is 0.897. The molecule has 0 saturated heterocycles. The molecule has 2 saturated carbocycles. The van der Waals surface area contributed by atoms with Crippen LogP contribution < -0.4 is 0 Å². The van der Waals surface area contributed by atoms with E-state index in [4.69, 9.17) is 0 Å². The van der Waals surface area contributed by atoms with E-state index < -0.39 is 11.4 Å². The molecule has 2 bridgehead atoms. The molecule has 0 spiro atoms. The highest BCUT2D eigenvalue weighted by Crippen LogP contribution is 2.57. The fourth-order valence-electron chi connectivity index (χ4n) is 4.23. The summed E-state index contributed by atoms with van der Waals surface area (Å²) in [5.74, 6) is 0.384. The molecular formula is C16H24N2O2. The van der Waals surface area contributed by atoms with Crippen LogP contribution in [-0.4, -0.2) is 20.9 Å². The first-order chi connectivity index (χ1) is 9.55. The zero-order valence-electron chi connectivity index (χ0n) is 12.4. The predicted octanol–water partition coefficient (Wildman–Crippen LogP) is 3.29. The van der Waals surface area contributed by atoms with Crippen molar-refractivity contribution < 1.29 is 9.90 Å². The number of aromatic nitrogens is 2. The number of carboxylic acids is 1. The van der Waals surface area contributed by atoms with Crippen molar-refractivity contribution in [3.63, 3.8) is 0 Å². The highest BCUT2D eigenvalue weighted by Gasteiger charge is 2.55. The minimum Gasteiger partial charge on any atom is -0.481 e. The molecule has 2 fully saturated rings. The second-order valence-corrected chi connectivity index (χ2v) is 6.76. The van der Waals surface area contributed by atoms with Crippen LogP contribution in [0.15, 0.2) is 12.3 Å². The monoisotopic (exact) mass is 276 g/mol. The molecule has 1 aromatic rings. The van der Waals surface area contributed by atoms with E-state index in [9.17, 15) is 9.90 Å². The van der Waals surface area contributed by atoms with Crippen molar-refractivity contribution in [3.05, 3.63) is 18.0 Å². The minimum absolute atomic E-state index is 0.360. The molecule has 0 aromatic carbocycles. The van der Waals surface area contributed by atoms with Crippen molar-refractivity contribution >= 4 is 5.97 Å². The van der Waals surface area contributed by atoms with Crippen molar-refractivity contribution in [1.82, 2.24) is 9.78 Å². The molecule has 1 N–H and O–H groups in total. The summed E-state index contributed by atoms with van der Waals surface area (Å²) in [4.78, 5) is 11.9. The molecule has 110 valence electrons. The summed E-state index contributed by atoms with van der Waals surface area (Å²) in [6, 6.07) is 2.38. The Morgan fingerprint density at radius 3 is 2.95 bits per heavy atom. The number of carboxylic acid groups (broad SMARTS) is 1. The van der Waals surface area contributed by atoms with Crippen LogP contribution in [0, 0.1) is 17.3 Å². The Kier molecular flexibility index (Phi) is 3.35. The molecule has 20 heavy (non-hydrogen) atoms. The van der Waals surface area contributed by atoms with Gasteiger partial charge in [0.2, 0.25) is 0 Å². The maximum atomic E-state index is 11.9. The smallest absolute Gasteiger partial charge is 0.310 e. The molecule has 0 radical (unpaired) electrons. The normalized spacial score (nSPS) is 33.5. The average Bonchev–Trinajstić information content (AvgIpc) is 3.13. The molecule has 4 atom stereocenters. The number of hydrogen-bond donors (Lipinski definition) is 1. The van der Waals surface area contributed by atoms with Gasteiger partial charge in [0.05, 0.1) is 11.1 Å². The fourth-order valence-corrected chi connectivity index (χ4v) is 4.23. The summed E-state index contributed by atoms with van der Waals surface area (Å²) in [6.07, 6.45) is 7.90. The molecule has 4 unspecified atom stereocenters. The van der Waals surface area contributed by atoms with Gasteiger partial charge in [-0.05, 0) is 50.5 Å². The van der Waals surface area contributed by atoms with E-state index in [-0.39, 0.29) is 0 Å². The Morgan fingerprint density at radius 2 is 2.40 bits per heavy atom. The molecule has 4 nitrogen and oxygen atoms in total. The zero-order chi connectivity index (χ0) is 14.3. The summed E-state index contributed by atoms with van der Waals surface area (Å²) in [5, 5.41) is 14.4. The summed E-state index contributed by atoms with van der Waals surface area (Å²) in [6.45, 7) is 4.28. The SMILES string of the molecule is CCC(C)n1ccc(CC2(C(=O)O)CC3CCC2C3)n1. The topological polar surface area (TPSA) is 55.1 Å². The molecule has 4 heteroatoms. The first-order valence-corrected chi connectivity index (χ1v) is 7.82. The van der Waals surface area contributed by atoms with Crippen LogP contribution in [0.2, 0.25) is 0 Å². The van der Waals surface area contributed by atoms with Crippen LogP contribution in [-0.2, 0) is 11.2 Å². The lowest BCUT2D eigenvalue weighted by molar-refractivity contribution is -0.152. The Balaban J connectivity index is 1.81. The van der Waals surface area contributed by atoms with E-state index in [1.165, 1.54) is 6.42 Å². The summed E-state index contributed by atoms with van der Waals surface area (Å²) < 4.78 is 1.97. The molecule has 2 aliphatic carbocycles. The first kappa shape index (κ1) is 13.7. The van der Waals surface area contributed by atoms with Crippen molar-refractivity contribution in [2.45, 2.75) is 58.4 Å². The van der Waals surface area contributed by atoms with Crippen LogP contribution in [0.1, 0.15) is 57.7 Å². The van der Waals surface area contributed by atoms with Crippen LogP contribution in [0.4, 0.5) is 0 Å². The molecule has 0 aliphatic heterocycles. The summed E-state index contributed by atoms with van der Waals surface area (Å²) >= 11 is 0. The number of fused-ring (bicyclic) bond motifs is 2. The average molecular weight is 276 g/mol. The second-order valence-electron chi connectivity index (χ2n) is 6.76. The van der Waals surface area contributed by atoms with E-state index in [2.05, 4.69) is 18.9 Å². The Labute approximate surface area is 120 Å². The van der Waals surface area contributed by atoms with E-state index >= 15 is 0 Å². The molecule has 3 rings (SSSR count). The van der Waals surface area contributed by atoms with Gasteiger partial charge in [-0.3, -0.25) is 9.48 Å². The first-order valence-electron chi connectivity index (χ1n) is 7.82. The van der Waals surface area contributed by atoms with Gasteiger partial charge in [-0.2, -0.15) is 5.10 Å². The molecular weight excluding hydrogens is 252 g/mol. The fraction of sp³-hybridized carbons (Fsp3) is 0.750. The molecule has 1 heterocycles. The molecule has 0 amide bonds. The maximum Gasteiger partial charge on any atom is 0.310 e. The third-order valence-corrected chi connectivity index (χ3v) is 5.60. The number of carbonyl (C=O) groups is 1. The van der Waals surface area contributed by atoms with Gasteiger partial charge in [0.25, 0.3) is 0 Å². The highest BCUT2D eigenvalue weighted by atomic mass is 16.4. The standard InChI is InChI=1S/C16H24N2O2/c1-3-11(2)18-7-6-14(17-18)10-16(15(19)20)9-12-4-5-13(16)8-12/h6-7,11-13H,3-5,8-10H2,1-2H3,(H,19,20). The third kappa shape index (κ3) is 2.05. The lowest BCUT2D eigenvalue weighted by Crippen LogP contribution is -2.38. The van der Waals surface area contributed by atoms with Crippen LogP contribution in [0.25, 0.3) is 0 Å². The van der Waals surface area contributed by atoms with Crippen LogP contribution >= 0.6 is 0 Å². The van der Waals surface area contributed by atoms with Gasteiger partial charge < -0.3 is 5.11 Å². The van der Waals surface area contributed by atoms with Gasteiger partial charge in [-0.1, -0.05) is 13.3 Å². The van der Waals surface area contributed by atoms with Gasteiger partial charge in [-0.25, -0.2) is 0 Å². The van der Waals surface area contributed by atoms with Crippen molar-refractivity contribution in [2.24, 2.45) is 17.3 Å². The predicted molar refractivity (Wildman–Crippen MR) is 76.4 cm³/mol. The number of aliphatic carboxylic acids is 1.